The first-order chi connectivity index (χ1) is 18.5. The van der Waals surface area contributed by atoms with Crippen LogP contribution in [0.4, 0.5) is 4.79 Å². The van der Waals surface area contributed by atoms with Crippen molar-refractivity contribution in [3.05, 3.63) is 35.4 Å². The van der Waals surface area contributed by atoms with E-state index >= 15 is 0 Å². The average Bonchev–Trinajstić information content (AvgIpc) is 3.43. The minimum absolute atomic E-state index is 0.140. The van der Waals surface area contributed by atoms with Crippen molar-refractivity contribution in [1.29, 1.82) is 0 Å². The molecule has 1 aromatic rings. The van der Waals surface area contributed by atoms with Gasteiger partial charge in [-0.05, 0) is 31.5 Å². The maximum absolute atomic E-state index is 12.6. The Bertz CT molecular complexity index is 1120. The number of aliphatic carboxylic acids is 2. The number of hydrogen-bond donors (Lipinski definition) is 6. The van der Waals surface area contributed by atoms with Crippen molar-refractivity contribution in [2.75, 3.05) is 26.0 Å². The summed E-state index contributed by atoms with van der Waals surface area (Å²) in [7, 11) is 1.25. The molecule has 39 heavy (non-hydrogen) atoms. The van der Waals surface area contributed by atoms with E-state index in [0.29, 0.717) is 13.0 Å². The van der Waals surface area contributed by atoms with Crippen LogP contribution in [0.2, 0.25) is 0 Å². The summed E-state index contributed by atoms with van der Waals surface area (Å²) in [6.07, 6.45) is 2.45. The standard InChI is InChI=1S/C16H16N4O8S.C6H14N2O2/c1-26-19-9(8-3-2-4-27-8)12(21)18-10-13(22)20-11(15(23)24)7(5-28-16(17)25)6-29-14(10)20;7-4-2-1-3-5(8)6(9)10/h2-4,10,14H,5-6H2,1H3,(H2,17,25)(H,18,21)(H,23,24);5H,1-4,7-8H2,(H,9,10)/b19-9-;/t10-,14-;/m1./s1. The minimum Gasteiger partial charge on any atom is -0.480 e. The van der Waals surface area contributed by atoms with E-state index in [1.165, 1.54) is 31.2 Å². The normalized spacial score (nSPS) is 19.1. The third-order valence-corrected chi connectivity index (χ3v) is 6.70. The smallest absolute Gasteiger partial charge is 0.404 e. The van der Waals surface area contributed by atoms with Crippen molar-refractivity contribution in [3.63, 3.8) is 0 Å². The molecule has 3 amide bonds. The molecule has 214 valence electrons. The second-order valence-corrected chi connectivity index (χ2v) is 9.16. The van der Waals surface area contributed by atoms with E-state index in [4.69, 9.17) is 26.7 Å². The number of carboxylic acids is 2. The number of rotatable bonds is 12. The lowest BCUT2D eigenvalue weighted by atomic mass is 10.0. The predicted molar refractivity (Wildman–Crippen MR) is 136 cm³/mol. The molecular weight excluding hydrogens is 540 g/mol. The van der Waals surface area contributed by atoms with E-state index in [2.05, 4.69) is 20.0 Å². The first kappa shape index (κ1) is 31.1. The molecule has 1 unspecified atom stereocenters. The summed E-state index contributed by atoms with van der Waals surface area (Å²) in [6, 6.07) is 1.36. The Morgan fingerprint density at radius 1 is 1.31 bits per heavy atom. The van der Waals surface area contributed by atoms with Crippen molar-refractivity contribution in [2.45, 2.75) is 36.7 Å². The number of fused-ring (bicyclic) bond motifs is 1. The highest BCUT2D eigenvalue weighted by atomic mass is 32.2. The summed E-state index contributed by atoms with van der Waals surface area (Å²) < 4.78 is 9.79. The molecule has 3 atom stereocenters. The SMILES string of the molecule is CO/N=C(\C(=O)N[C@@H]1C(=O)N2C(C(=O)O)=C(COC(N)=O)CS[C@H]12)c1ccco1.NCCCCC(N)C(=O)O. The van der Waals surface area contributed by atoms with Gasteiger partial charge in [0.25, 0.3) is 11.8 Å². The van der Waals surface area contributed by atoms with Gasteiger partial charge in [0.05, 0.1) is 6.26 Å². The Morgan fingerprint density at radius 2 is 2.03 bits per heavy atom. The number of unbranched alkanes of at least 4 members (excludes halogenated alkanes) is 1. The number of hydrogen-bond acceptors (Lipinski definition) is 12. The molecule has 2 aliphatic rings. The first-order valence-corrected chi connectivity index (χ1v) is 12.5. The molecule has 9 N–H and O–H groups in total. The van der Waals surface area contributed by atoms with E-state index in [-0.39, 0.29) is 35.1 Å². The fourth-order valence-electron chi connectivity index (χ4n) is 3.50. The van der Waals surface area contributed by atoms with Gasteiger partial charge >= 0.3 is 18.0 Å². The Balaban J connectivity index is 0.000000455. The number of furan rings is 1. The number of thioether (sulfide) groups is 1. The summed E-state index contributed by atoms with van der Waals surface area (Å²) in [6.45, 7) is 0.257. The summed E-state index contributed by atoms with van der Waals surface area (Å²) in [4.78, 5) is 63.4. The first-order valence-electron chi connectivity index (χ1n) is 11.5. The highest BCUT2D eigenvalue weighted by molar-refractivity contribution is 8.00. The summed E-state index contributed by atoms with van der Waals surface area (Å²) in [5.74, 6) is -3.32. The van der Waals surface area contributed by atoms with E-state index < -0.39 is 47.3 Å². The number of carbonyl (C=O) groups is 5. The third-order valence-electron chi connectivity index (χ3n) is 5.36. The van der Waals surface area contributed by atoms with E-state index in [9.17, 15) is 29.1 Å². The van der Waals surface area contributed by atoms with Gasteiger partial charge in [0, 0.05) is 11.3 Å². The molecule has 0 spiro atoms. The molecule has 0 aliphatic carbocycles. The molecule has 1 saturated heterocycles. The van der Waals surface area contributed by atoms with Gasteiger partial charge in [0.15, 0.2) is 5.76 Å². The molecule has 0 bridgehead atoms. The molecule has 1 aromatic heterocycles. The summed E-state index contributed by atoms with van der Waals surface area (Å²) in [5.41, 5.74) is 15.1. The van der Waals surface area contributed by atoms with Crippen LogP contribution in [0.25, 0.3) is 0 Å². The van der Waals surface area contributed by atoms with Gasteiger partial charge in [0.2, 0.25) is 5.71 Å². The quantitative estimate of drug-likeness (QED) is 0.0762. The van der Waals surface area contributed by atoms with Gasteiger partial charge in [-0.3, -0.25) is 19.3 Å². The van der Waals surface area contributed by atoms with E-state index in [1.54, 1.807) is 6.07 Å². The molecule has 3 heterocycles. The van der Waals surface area contributed by atoms with E-state index in [0.717, 1.165) is 17.7 Å². The topological polar surface area (TPSA) is 263 Å². The predicted octanol–water partition coefficient (Wildman–Crippen LogP) is -1.01. The van der Waals surface area contributed by atoms with Crippen LogP contribution in [0.1, 0.15) is 25.0 Å². The zero-order valence-electron chi connectivity index (χ0n) is 20.9. The zero-order valence-corrected chi connectivity index (χ0v) is 21.7. The molecule has 17 heteroatoms. The number of amides is 3. The van der Waals surface area contributed by atoms with Gasteiger partial charge in [-0.2, -0.15) is 0 Å². The van der Waals surface area contributed by atoms with Crippen molar-refractivity contribution >= 4 is 47.3 Å². The number of β-lactam (4-membered cyclic amide) rings is 1. The van der Waals surface area contributed by atoms with Crippen LogP contribution < -0.4 is 22.5 Å². The van der Waals surface area contributed by atoms with Crippen LogP contribution in [-0.4, -0.2) is 94.1 Å². The number of ether oxygens (including phenoxy) is 1. The number of oxime groups is 1. The number of nitrogens with two attached hydrogens (primary N) is 3. The Labute approximate surface area is 226 Å². The van der Waals surface area contributed by atoms with Crippen molar-refractivity contribution < 1.29 is 48.2 Å². The van der Waals surface area contributed by atoms with Crippen molar-refractivity contribution in [3.8, 4) is 0 Å². The van der Waals surface area contributed by atoms with Crippen LogP contribution in [0, 0.1) is 0 Å². The lowest BCUT2D eigenvalue weighted by Gasteiger charge is -2.49. The van der Waals surface area contributed by atoms with Crippen LogP contribution in [0.3, 0.4) is 0 Å². The highest BCUT2D eigenvalue weighted by Crippen LogP contribution is 2.40. The van der Waals surface area contributed by atoms with Crippen molar-refractivity contribution in [1.82, 2.24) is 10.2 Å². The second kappa shape index (κ2) is 14.7. The monoisotopic (exact) mass is 570 g/mol. The van der Waals surface area contributed by atoms with Crippen LogP contribution in [-0.2, 0) is 28.8 Å². The fraction of sp³-hybridized carbons (Fsp3) is 0.455. The lowest BCUT2D eigenvalue weighted by Crippen LogP contribution is -2.71. The summed E-state index contributed by atoms with van der Waals surface area (Å²) in [5, 5.41) is 23.3. The van der Waals surface area contributed by atoms with E-state index in [1.807, 2.05) is 0 Å². The third kappa shape index (κ3) is 8.20. The van der Waals surface area contributed by atoms with Crippen molar-refractivity contribution in [2.24, 2.45) is 22.4 Å². The summed E-state index contributed by atoms with van der Waals surface area (Å²) >= 11 is 1.21. The van der Waals surface area contributed by atoms with Gasteiger partial charge < -0.3 is 46.7 Å². The van der Waals surface area contributed by atoms with Crippen LogP contribution >= 0.6 is 11.8 Å². The molecule has 2 aliphatic heterocycles. The molecule has 0 radical (unpaired) electrons. The zero-order chi connectivity index (χ0) is 29.1. The second-order valence-electron chi connectivity index (χ2n) is 8.05. The number of carboxylic acid groups (broad SMARTS) is 2. The van der Waals surface area contributed by atoms with Gasteiger partial charge in [0.1, 0.15) is 36.9 Å². The maximum Gasteiger partial charge on any atom is 0.404 e. The molecule has 3 rings (SSSR count). The molecule has 16 nitrogen and oxygen atoms in total. The molecule has 1 fully saturated rings. The number of nitrogens with zero attached hydrogens (tertiary/aromatic N) is 2. The molecular formula is C22H30N6O10S. The number of nitrogens with one attached hydrogen (secondary N) is 1. The Kier molecular flexibility index (Phi) is 11.8. The number of primary amides is 1. The molecule has 0 saturated carbocycles. The minimum atomic E-state index is -1.35. The maximum atomic E-state index is 12.6. The largest absolute Gasteiger partial charge is 0.480 e. The fourth-order valence-corrected chi connectivity index (χ4v) is 4.82. The highest BCUT2D eigenvalue weighted by Gasteiger charge is 2.54. The van der Waals surface area contributed by atoms with Gasteiger partial charge in [-0.1, -0.05) is 11.6 Å². The Hall–Kier alpha value is -4.09. The van der Waals surface area contributed by atoms with Crippen LogP contribution in [0.5, 0.6) is 0 Å². The van der Waals surface area contributed by atoms with Crippen LogP contribution in [0.15, 0.2) is 39.2 Å². The van der Waals surface area contributed by atoms with Gasteiger partial charge in [-0.25, -0.2) is 9.59 Å². The Morgan fingerprint density at radius 3 is 2.56 bits per heavy atom. The number of carbonyl (C=O) groups excluding carboxylic acids is 3. The molecule has 0 aromatic carbocycles. The average molecular weight is 571 g/mol. The van der Waals surface area contributed by atoms with Gasteiger partial charge in [-0.15, -0.1) is 11.8 Å². The lowest BCUT2D eigenvalue weighted by molar-refractivity contribution is -0.150.